The number of carboxylic acid groups (broad SMARTS) is 1. The first kappa shape index (κ1) is 23.7. The van der Waals surface area contributed by atoms with Crippen molar-refractivity contribution in [2.45, 2.75) is 31.1 Å². The largest absolute Gasteiger partial charge is 0.497 e. The van der Waals surface area contributed by atoms with Gasteiger partial charge in [0.1, 0.15) is 17.1 Å². The average Bonchev–Trinajstić information content (AvgIpc) is 3.49. The molecule has 3 aromatic carbocycles. The second-order valence-corrected chi connectivity index (χ2v) is 9.68. The topological polar surface area (TPSA) is 104 Å². The number of hydrogen-bond donors (Lipinski definition) is 2. The summed E-state index contributed by atoms with van der Waals surface area (Å²) in [5.41, 5.74) is 2.47. The van der Waals surface area contributed by atoms with Gasteiger partial charge in [0.05, 0.1) is 36.1 Å². The summed E-state index contributed by atoms with van der Waals surface area (Å²) in [5.74, 6) is -1.82. The van der Waals surface area contributed by atoms with E-state index in [1.807, 2.05) is 4.57 Å². The van der Waals surface area contributed by atoms with Crippen LogP contribution >= 0.6 is 0 Å². The Labute approximate surface area is 215 Å². The van der Waals surface area contributed by atoms with Crippen LogP contribution in [0.1, 0.15) is 41.7 Å². The predicted molar refractivity (Wildman–Crippen MR) is 138 cm³/mol. The summed E-state index contributed by atoms with van der Waals surface area (Å²) in [6.07, 6.45) is 4.00. The molecule has 190 valence electrons. The third-order valence-electron chi connectivity index (χ3n) is 7.61. The SMILES string of the molecule is COc1cc(F)cc(-n2c(C3(CC#N)CCC3)c(-c3ccc(C(=O)O)cc3)c3c(F)c4[nH]ncc4cc32)c1. The molecule has 1 aliphatic rings. The van der Waals surface area contributed by atoms with Crippen LogP contribution in [-0.2, 0) is 5.41 Å². The molecular formula is C29H22F2N4O3. The number of aromatic nitrogens is 3. The number of fused-ring (bicyclic) bond motifs is 2. The number of carbonyl (C=O) groups is 1. The van der Waals surface area contributed by atoms with Gasteiger partial charge in [-0.3, -0.25) is 5.10 Å². The fourth-order valence-electron chi connectivity index (χ4n) is 5.68. The second-order valence-electron chi connectivity index (χ2n) is 9.68. The summed E-state index contributed by atoms with van der Waals surface area (Å²) in [7, 11) is 1.44. The van der Waals surface area contributed by atoms with Gasteiger partial charge in [-0.15, -0.1) is 0 Å². The summed E-state index contributed by atoms with van der Waals surface area (Å²) in [4.78, 5) is 11.5. The van der Waals surface area contributed by atoms with Crippen molar-refractivity contribution in [3.05, 3.63) is 77.6 Å². The van der Waals surface area contributed by atoms with Crippen LogP contribution in [0, 0.1) is 23.0 Å². The lowest BCUT2D eigenvalue weighted by molar-refractivity contribution is 0.0697. The number of H-pyrrole nitrogens is 1. The second kappa shape index (κ2) is 8.70. The van der Waals surface area contributed by atoms with Crippen LogP contribution in [0.25, 0.3) is 38.6 Å². The van der Waals surface area contributed by atoms with E-state index >= 15 is 4.39 Å². The maximum atomic E-state index is 16.3. The van der Waals surface area contributed by atoms with Crippen molar-refractivity contribution in [1.29, 1.82) is 5.26 Å². The minimum absolute atomic E-state index is 0.0979. The van der Waals surface area contributed by atoms with Crippen LogP contribution in [0.5, 0.6) is 5.75 Å². The molecule has 9 heteroatoms. The Bertz CT molecular complexity index is 1780. The number of halogens is 2. The minimum Gasteiger partial charge on any atom is -0.497 e. The third-order valence-corrected chi connectivity index (χ3v) is 7.61. The summed E-state index contributed by atoms with van der Waals surface area (Å²) in [6.45, 7) is 0. The first-order valence-corrected chi connectivity index (χ1v) is 12.1. The lowest BCUT2D eigenvalue weighted by Crippen LogP contribution is -2.36. The average molecular weight is 513 g/mol. The van der Waals surface area contributed by atoms with E-state index in [9.17, 15) is 19.6 Å². The minimum atomic E-state index is -1.07. The van der Waals surface area contributed by atoms with E-state index in [1.54, 1.807) is 24.3 Å². The molecule has 1 aliphatic carbocycles. The van der Waals surface area contributed by atoms with Gasteiger partial charge in [-0.2, -0.15) is 10.4 Å². The number of methoxy groups -OCH3 is 1. The molecule has 0 saturated heterocycles. The van der Waals surface area contributed by atoms with Gasteiger partial charge in [-0.1, -0.05) is 18.6 Å². The van der Waals surface area contributed by atoms with E-state index in [2.05, 4.69) is 16.3 Å². The highest BCUT2D eigenvalue weighted by atomic mass is 19.1. The zero-order valence-electron chi connectivity index (χ0n) is 20.4. The maximum absolute atomic E-state index is 16.3. The quantitative estimate of drug-likeness (QED) is 0.270. The van der Waals surface area contributed by atoms with Gasteiger partial charge in [0.2, 0.25) is 0 Å². The van der Waals surface area contributed by atoms with Crippen LogP contribution in [0.2, 0.25) is 0 Å². The monoisotopic (exact) mass is 512 g/mol. The summed E-state index contributed by atoms with van der Waals surface area (Å²) >= 11 is 0. The zero-order chi connectivity index (χ0) is 26.6. The van der Waals surface area contributed by atoms with E-state index < -0.39 is 23.0 Å². The Hall–Kier alpha value is -4.71. The molecule has 2 N–H and O–H groups in total. The molecule has 0 spiro atoms. The summed E-state index contributed by atoms with van der Waals surface area (Å²) in [6, 6.07) is 14.7. The number of benzene rings is 3. The Balaban J connectivity index is 1.81. The van der Waals surface area contributed by atoms with E-state index in [0.717, 1.165) is 6.42 Å². The molecule has 2 aromatic heterocycles. The lowest BCUT2D eigenvalue weighted by atomic mass is 9.63. The predicted octanol–water partition coefficient (Wildman–Crippen LogP) is 6.49. The molecule has 2 heterocycles. The molecule has 5 aromatic rings. The summed E-state index contributed by atoms with van der Waals surface area (Å²) < 4.78 is 38.3. The van der Waals surface area contributed by atoms with Gasteiger partial charge in [0.25, 0.3) is 0 Å². The number of nitrogens with one attached hydrogen (secondary N) is 1. The number of rotatable bonds is 6. The molecule has 7 nitrogen and oxygen atoms in total. The number of nitrogens with zero attached hydrogens (tertiary/aromatic N) is 3. The smallest absolute Gasteiger partial charge is 0.335 e. The highest BCUT2D eigenvalue weighted by molar-refractivity contribution is 6.07. The van der Waals surface area contributed by atoms with E-state index in [1.165, 1.54) is 37.6 Å². The van der Waals surface area contributed by atoms with E-state index in [4.69, 9.17) is 4.74 Å². The van der Waals surface area contributed by atoms with Crippen molar-refractivity contribution in [2.24, 2.45) is 0 Å². The van der Waals surface area contributed by atoms with Crippen LogP contribution < -0.4 is 4.74 Å². The van der Waals surface area contributed by atoms with E-state index in [0.29, 0.717) is 52.0 Å². The molecule has 0 unspecified atom stereocenters. The highest BCUT2D eigenvalue weighted by Crippen LogP contribution is 2.54. The first-order chi connectivity index (χ1) is 18.4. The van der Waals surface area contributed by atoms with Gasteiger partial charge in [0, 0.05) is 46.0 Å². The van der Waals surface area contributed by atoms with Gasteiger partial charge in [-0.25, -0.2) is 13.6 Å². The fraction of sp³-hybridized carbons (Fsp3) is 0.207. The zero-order valence-corrected chi connectivity index (χ0v) is 20.4. The van der Waals surface area contributed by atoms with Gasteiger partial charge in [0.15, 0.2) is 5.82 Å². The van der Waals surface area contributed by atoms with Crippen LogP contribution in [0.4, 0.5) is 8.78 Å². The van der Waals surface area contributed by atoms with Gasteiger partial charge < -0.3 is 14.4 Å². The number of aromatic carboxylic acids is 1. The molecule has 0 amide bonds. The molecule has 1 saturated carbocycles. The highest BCUT2D eigenvalue weighted by Gasteiger charge is 2.44. The number of ether oxygens (including phenoxy) is 1. The first-order valence-electron chi connectivity index (χ1n) is 12.1. The van der Waals surface area contributed by atoms with Gasteiger partial charge >= 0.3 is 5.97 Å². The number of nitriles is 1. The molecule has 38 heavy (non-hydrogen) atoms. The molecule has 0 aliphatic heterocycles. The van der Waals surface area contributed by atoms with Crippen molar-refractivity contribution in [3.8, 4) is 28.6 Å². The molecular weight excluding hydrogens is 490 g/mol. The van der Waals surface area contributed by atoms with Crippen molar-refractivity contribution in [2.75, 3.05) is 7.11 Å². The maximum Gasteiger partial charge on any atom is 0.335 e. The lowest BCUT2D eigenvalue weighted by Gasteiger charge is -2.42. The molecule has 0 atom stereocenters. The third kappa shape index (κ3) is 3.44. The number of carboxylic acids is 1. The summed E-state index contributed by atoms with van der Waals surface area (Å²) in [5, 5.41) is 26.8. The van der Waals surface area contributed by atoms with Crippen molar-refractivity contribution in [1.82, 2.24) is 14.8 Å². The molecule has 0 radical (unpaired) electrons. The Morgan fingerprint density at radius 2 is 1.97 bits per heavy atom. The Kier molecular flexibility index (Phi) is 5.42. The normalized spacial score (nSPS) is 14.4. The number of hydrogen-bond acceptors (Lipinski definition) is 4. The van der Waals surface area contributed by atoms with Crippen LogP contribution in [0.3, 0.4) is 0 Å². The molecule has 1 fully saturated rings. The van der Waals surface area contributed by atoms with E-state index in [-0.39, 0.29) is 22.9 Å². The van der Waals surface area contributed by atoms with Gasteiger partial charge in [-0.05, 0) is 42.7 Å². The molecule has 0 bridgehead atoms. The number of aromatic amines is 1. The standard InChI is InChI=1S/C29H22F2N4O3/c1-38-21-13-19(30)12-20(14-21)35-22-11-18-15-33-34-26(18)25(31)24(22)23(16-3-5-17(6-4-16)28(36)37)27(35)29(9-10-32)7-2-8-29/h3-6,11-15H,2,7-9H2,1H3,(H,33,34)(H,36,37). The fourth-order valence-corrected chi connectivity index (χ4v) is 5.68. The Morgan fingerprint density at radius 3 is 2.61 bits per heavy atom. The van der Waals surface area contributed by atoms with Crippen molar-refractivity contribution < 1.29 is 23.4 Å². The Morgan fingerprint density at radius 1 is 1.21 bits per heavy atom. The van der Waals surface area contributed by atoms with Crippen molar-refractivity contribution in [3.63, 3.8) is 0 Å². The van der Waals surface area contributed by atoms with Crippen LogP contribution in [0.15, 0.2) is 54.7 Å². The molecule has 6 rings (SSSR count). The van der Waals surface area contributed by atoms with Crippen molar-refractivity contribution >= 4 is 27.8 Å². The van der Waals surface area contributed by atoms with Crippen LogP contribution in [-0.4, -0.2) is 33.0 Å².